The normalized spacial score (nSPS) is 16.0. The van der Waals surface area contributed by atoms with Crippen molar-refractivity contribution in [2.24, 2.45) is 0 Å². The second-order valence-corrected chi connectivity index (χ2v) is 5.90. The summed E-state index contributed by atoms with van der Waals surface area (Å²) in [4.78, 5) is 25.7. The van der Waals surface area contributed by atoms with Crippen LogP contribution in [-0.2, 0) is 16.1 Å². The molecule has 3 rings (SSSR count). The predicted octanol–water partition coefficient (Wildman–Crippen LogP) is 3.05. The first-order valence-electron chi connectivity index (χ1n) is 7.80. The molecule has 1 aliphatic heterocycles. The maximum atomic E-state index is 12.9. The first-order chi connectivity index (χ1) is 11.6. The minimum absolute atomic E-state index is 0.0184. The van der Waals surface area contributed by atoms with Gasteiger partial charge in [-0.15, -0.1) is 0 Å². The number of amides is 1. The summed E-state index contributed by atoms with van der Waals surface area (Å²) in [6.07, 6.45) is 0.0184. The zero-order valence-corrected chi connectivity index (χ0v) is 13.4. The molecule has 0 bridgehead atoms. The van der Waals surface area contributed by atoms with Crippen LogP contribution in [0.4, 0.5) is 5.69 Å². The van der Waals surface area contributed by atoms with Gasteiger partial charge in [-0.3, -0.25) is 9.59 Å². The highest BCUT2D eigenvalue weighted by atomic mass is 16.5. The average Bonchev–Trinajstić information content (AvgIpc) is 2.93. The predicted molar refractivity (Wildman–Crippen MR) is 90.3 cm³/mol. The number of hydrogen-bond donors (Lipinski definition) is 1. The summed E-state index contributed by atoms with van der Waals surface area (Å²) in [6.45, 7) is 0.832. The van der Waals surface area contributed by atoms with Crippen molar-refractivity contribution in [2.45, 2.75) is 18.9 Å². The summed E-state index contributed by atoms with van der Waals surface area (Å²) in [6, 6.07) is 14.8. The number of nitrogens with zero attached hydrogens (tertiary/aromatic N) is 1. The van der Waals surface area contributed by atoms with Gasteiger partial charge in [-0.05, 0) is 29.3 Å². The lowest BCUT2D eigenvalue weighted by atomic mass is 9.98. The molecule has 0 aliphatic carbocycles. The Bertz CT molecular complexity index is 771. The maximum absolute atomic E-state index is 12.9. The van der Waals surface area contributed by atoms with Crippen LogP contribution in [-0.4, -0.2) is 30.6 Å². The SMILES string of the molecule is COCc1cccc(C(=O)N2CC(CC(=O)O)c3ccccc32)c1. The molecule has 1 atom stereocenters. The van der Waals surface area contributed by atoms with Gasteiger partial charge in [0, 0.05) is 30.8 Å². The van der Waals surface area contributed by atoms with E-state index in [1.165, 1.54) is 0 Å². The van der Waals surface area contributed by atoms with E-state index in [2.05, 4.69) is 0 Å². The molecule has 1 heterocycles. The monoisotopic (exact) mass is 325 g/mol. The van der Waals surface area contributed by atoms with Crippen molar-refractivity contribution in [3.8, 4) is 0 Å². The number of aliphatic carboxylic acids is 1. The Morgan fingerprint density at radius 3 is 2.75 bits per heavy atom. The van der Waals surface area contributed by atoms with E-state index >= 15 is 0 Å². The van der Waals surface area contributed by atoms with E-state index in [0.717, 1.165) is 16.8 Å². The molecule has 2 aromatic carbocycles. The van der Waals surface area contributed by atoms with E-state index < -0.39 is 5.97 Å². The van der Waals surface area contributed by atoms with Gasteiger partial charge in [0.25, 0.3) is 5.91 Å². The quantitative estimate of drug-likeness (QED) is 0.917. The number of benzene rings is 2. The first kappa shape index (κ1) is 16.2. The number of carbonyl (C=O) groups is 2. The third kappa shape index (κ3) is 3.16. The van der Waals surface area contributed by atoms with Crippen molar-refractivity contribution in [3.63, 3.8) is 0 Å². The molecule has 0 saturated carbocycles. The van der Waals surface area contributed by atoms with Crippen molar-refractivity contribution >= 4 is 17.6 Å². The van der Waals surface area contributed by atoms with Gasteiger partial charge in [0.15, 0.2) is 0 Å². The van der Waals surface area contributed by atoms with Crippen LogP contribution in [0.2, 0.25) is 0 Å². The van der Waals surface area contributed by atoms with E-state index in [4.69, 9.17) is 9.84 Å². The Hall–Kier alpha value is -2.66. The third-order valence-corrected chi connectivity index (χ3v) is 4.22. The second kappa shape index (κ2) is 6.84. The zero-order valence-electron chi connectivity index (χ0n) is 13.4. The number of anilines is 1. The molecule has 5 nitrogen and oxygen atoms in total. The zero-order chi connectivity index (χ0) is 17.1. The van der Waals surface area contributed by atoms with E-state index in [9.17, 15) is 9.59 Å². The van der Waals surface area contributed by atoms with Crippen molar-refractivity contribution in [2.75, 3.05) is 18.6 Å². The van der Waals surface area contributed by atoms with Gasteiger partial charge in [-0.2, -0.15) is 0 Å². The summed E-state index contributed by atoms with van der Waals surface area (Å²) >= 11 is 0. The minimum Gasteiger partial charge on any atom is -0.481 e. The van der Waals surface area contributed by atoms with Gasteiger partial charge in [0.05, 0.1) is 13.0 Å². The largest absolute Gasteiger partial charge is 0.481 e. The fraction of sp³-hybridized carbons (Fsp3) is 0.263. The topological polar surface area (TPSA) is 66.8 Å². The lowest BCUT2D eigenvalue weighted by Crippen LogP contribution is -2.30. The van der Waals surface area contributed by atoms with Crippen LogP contribution >= 0.6 is 0 Å². The van der Waals surface area contributed by atoms with E-state index in [1.807, 2.05) is 42.5 Å². The maximum Gasteiger partial charge on any atom is 0.304 e. The molecule has 1 aliphatic rings. The standard InChI is InChI=1S/C19H19NO4/c1-24-12-13-5-4-6-14(9-13)19(23)20-11-15(10-18(21)22)16-7-2-3-8-17(16)20/h2-9,15H,10-12H2,1H3,(H,21,22). The molecule has 0 aromatic heterocycles. The Labute approximate surface area is 140 Å². The van der Waals surface area contributed by atoms with Gasteiger partial charge < -0.3 is 14.7 Å². The molecule has 0 saturated heterocycles. The van der Waals surface area contributed by atoms with Gasteiger partial charge in [-0.25, -0.2) is 0 Å². The van der Waals surface area contributed by atoms with Crippen LogP contribution < -0.4 is 4.90 Å². The lowest BCUT2D eigenvalue weighted by molar-refractivity contribution is -0.137. The molecule has 1 N–H and O–H groups in total. The number of hydrogen-bond acceptors (Lipinski definition) is 3. The van der Waals surface area contributed by atoms with E-state index in [-0.39, 0.29) is 18.2 Å². The highest BCUT2D eigenvalue weighted by Crippen LogP contribution is 2.38. The highest BCUT2D eigenvalue weighted by molar-refractivity contribution is 6.07. The first-order valence-corrected chi connectivity index (χ1v) is 7.80. The number of ether oxygens (including phenoxy) is 1. The molecule has 1 unspecified atom stereocenters. The molecule has 0 fully saturated rings. The summed E-state index contributed by atoms with van der Waals surface area (Å²) in [5.74, 6) is -1.15. The van der Waals surface area contributed by atoms with Crippen molar-refractivity contribution in [3.05, 3.63) is 65.2 Å². The van der Waals surface area contributed by atoms with Crippen LogP contribution in [0.15, 0.2) is 48.5 Å². The third-order valence-electron chi connectivity index (χ3n) is 4.22. The molecule has 124 valence electrons. The summed E-state index contributed by atoms with van der Waals surface area (Å²) < 4.78 is 5.11. The number of rotatable bonds is 5. The van der Waals surface area contributed by atoms with Crippen molar-refractivity contribution in [1.29, 1.82) is 0 Å². The molecule has 0 spiro atoms. The molecule has 2 aromatic rings. The highest BCUT2D eigenvalue weighted by Gasteiger charge is 2.33. The van der Waals surface area contributed by atoms with E-state index in [1.54, 1.807) is 18.1 Å². The average molecular weight is 325 g/mol. The summed E-state index contributed by atoms with van der Waals surface area (Å²) in [5.41, 5.74) is 3.22. The lowest BCUT2D eigenvalue weighted by Gasteiger charge is -2.18. The minimum atomic E-state index is -0.855. The number of carboxylic acid groups (broad SMARTS) is 1. The fourth-order valence-electron chi connectivity index (χ4n) is 3.19. The van der Waals surface area contributed by atoms with Gasteiger partial charge in [0.2, 0.25) is 0 Å². The smallest absolute Gasteiger partial charge is 0.304 e. The van der Waals surface area contributed by atoms with Gasteiger partial charge in [0.1, 0.15) is 0 Å². The van der Waals surface area contributed by atoms with E-state index in [0.29, 0.717) is 18.7 Å². The van der Waals surface area contributed by atoms with Gasteiger partial charge in [-0.1, -0.05) is 30.3 Å². The van der Waals surface area contributed by atoms with Crippen molar-refractivity contribution in [1.82, 2.24) is 0 Å². The Balaban J connectivity index is 1.90. The van der Waals surface area contributed by atoms with Gasteiger partial charge >= 0.3 is 5.97 Å². The molecular formula is C19H19NO4. The molecule has 5 heteroatoms. The van der Waals surface area contributed by atoms with Crippen LogP contribution in [0.25, 0.3) is 0 Å². The van der Waals surface area contributed by atoms with Crippen LogP contribution in [0, 0.1) is 0 Å². The molecule has 24 heavy (non-hydrogen) atoms. The number of fused-ring (bicyclic) bond motifs is 1. The molecule has 0 radical (unpaired) electrons. The Kier molecular flexibility index (Phi) is 4.62. The Morgan fingerprint density at radius 2 is 2.00 bits per heavy atom. The summed E-state index contributed by atoms with van der Waals surface area (Å²) in [5, 5.41) is 9.12. The van der Waals surface area contributed by atoms with Crippen molar-refractivity contribution < 1.29 is 19.4 Å². The number of carboxylic acids is 1. The fourth-order valence-corrected chi connectivity index (χ4v) is 3.19. The molecular weight excluding hydrogens is 306 g/mol. The number of methoxy groups -OCH3 is 1. The number of carbonyl (C=O) groups excluding carboxylic acids is 1. The van der Waals surface area contributed by atoms with Crippen LogP contribution in [0.5, 0.6) is 0 Å². The van der Waals surface area contributed by atoms with Crippen LogP contribution in [0.1, 0.15) is 33.8 Å². The Morgan fingerprint density at radius 1 is 1.21 bits per heavy atom. The molecule has 1 amide bonds. The number of para-hydroxylation sites is 1. The van der Waals surface area contributed by atoms with Crippen LogP contribution in [0.3, 0.4) is 0 Å². The summed E-state index contributed by atoms with van der Waals surface area (Å²) in [7, 11) is 1.61. The second-order valence-electron chi connectivity index (χ2n) is 5.90.